The fourth-order valence-electron chi connectivity index (χ4n) is 8.28. The Bertz CT molecular complexity index is 3180. The number of benzene rings is 9. The Labute approximate surface area is 322 Å². The first kappa shape index (κ1) is 31.6. The van der Waals surface area contributed by atoms with Crippen molar-refractivity contribution in [3.63, 3.8) is 0 Å². The Balaban J connectivity index is 1.13. The molecule has 0 aliphatic carbocycles. The quantitative estimate of drug-likeness (QED) is 0.170. The second-order valence-corrected chi connectivity index (χ2v) is 15.1. The minimum absolute atomic E-state index is 0.893. The number of hydrogen-bond acceptors (Lipinski definition) is 3. The van der Waals surface area contributed by atoms with Crippen LogP contribution in [-0.4, -0.2) is 0 Å². The van der Waals surface area contributed by atoms with Gasteiger partial charge in [-0.2, -0.15) is 0 Å². The van der Waals surface area contributed by atoms with Crippen LogP contribution in [-0.2, 0) is 0 Å². The third-order valence-corrected chi connectivity index (χ3v) is 12.0. The highest BCUT2D eigenvalue weighted by Crippen LogP contribution is 2.47. The van der Waals surface area contributed by atoms with E-state index in [1.807, 2.05) is 17.4 Å². The zero-order valence-corrected chi connectivity index (χ0v) is 30.6. The molecule has 0 unspecified atom stereocenters. The predicted molar refractivity (Wildman–Crippen MR) is 235 cm³/mol. The van der Waals surface area contributed by atoms with Gasteiger partial charge in [-0.1, -0.05) is 146 Å². The highest BCUT2D eigenvalue weighted by Gasteiger charge is 2.21. The highest BCUT2D eigenvalue weighted by atomic mass is 32.1. The van der Waals surface area contributed by atoms with Gasteiger partial charge in [0.2, 0.25) is 0 Å². The standard InChI is InChI=1S/C52H33NOS/c1-3-12-34(13-4-1)35-22-24-36(25-23-35)37-26-28-39(29-27-37)53(46-18-11-21-50-52(46)43-17-8-10-20-49(43)55-50)40-30-31-41-44(38-14-5-2-6-15-38)33-48-51(45(41)32-40)42-16-7-9-19-47(42)54-48/h1-33H. The lowest BCUT2D eigenvalue weighted by atomic mass is 9.94. The minimum Gasteiger partial charge on any atom is -0.456 e. The maximum Gasteiger partial charge on any atom is 0.136 e. The molecule has 0 saturated carbocycles. The van der Waals surface area contributed by atoms with Gasteiger partial charge in [0.15, 0.2) is 0 Å². The maximum atomic E-state index is 6.56. The molecule has 2 aromatic heterocycles. The molecule has 0 radical (unpaired) electrons. The van der Waals surface area contributed by atoms with Gasteiger partial charge in [0.25, 0.3) is 0 Å². The molecule has 2 nitrogen and oxygen atoms in total. The van der Waals surface area contributed by atoms with Crippen LogP contribution in [0.1, 0.15) is 0 Å². The number of anilines is 3. The van der Waals surface area contributed by atoms with Crippen LogP contribution in [0.5, 0.6) is 0 Å². The van der Waals surface area contributed by atoms with Crippen LogP contribution in [0, 0.1) is 0 Å². The molecule has 0 N–H and O–H groups in total. The normalized spacial score (nSPS) is 11.6. The van der Waals surface area contributed by atoms with Crippen molar-refractivity contribution >= 4 is 81.3 Å². The van der Waals surface area contributed by atoms with Crippen molar-refractivity contribution < 1.29 is 4.42 Å². The summed E-state index contributed by atoms with van der Waals surface area (Å²) in [7, 11) is 0. The minimum atomic E-state index is 0.893. The molecule has 0 amide bonds. The second-order valence-electron chi connectivity index (χ2n) is 14.1. The SMILES string of the molecule is c1ccc(-c2ccc(-c3ccc(N(c4ccc5c(-c6ccccc6)cc6oc7ccccc7c6c5c4)c4cccc5sc6ccccc6c45)cc3)cc2)cc1. The number of rotatable bonds is 6. The summed E-state index contributed by atoms with van der Waals surface area (Å²) in [5.41, 5.74) is 12.3. The van der Waals surface area contributed by atoms with Crippen LogP contribution < -0.4 is 4.90 Å². The van der Waals surface area contributed by atoms with Crippen molar-refractivity contribution in [2.45, 2.75) is 0 Å². The summed E-state index contributed by atoms with van der Waals surface area (Å²) in [5.74, 6) is 0. The van der Waals surface area contributed by atoms with Gasteiger partial charge in [-0.05, 0) is 98.8 Å². The monoisotopic (exact) mass is 719 g/mol. The number of hydrogen-bond donors (Lipinski definition) is 0. The van der Waals surface area contributed by atoms with E-state index in [0.29, 0.717) is 0 Å². The van der Waals surface area contributed by atoms with Crippen molar-refractivity contribution in [1.82, 2.24) is 0 Å². The molecule has 0 aliphatic heterocycles. The first-order valence-corrected chi connectivity index (χ1v) is 19.5. The van der Waals surface area contributed by atoms with Crippen molar-refractivity contribution in [2.24, 2.45) is 0 Å². The number of furan rings is 1. The summed E-state index contributed by atoms with van der Waals surface area (Å²) in [5, 5.41) is 7.16. The fourth-order valence-corrected chi connectivity index (χ4v) is 9.41. The summed E-state index contributed by atoms with van der Waals surface area (Å²) < 4.78 is 9.12. The molecular weight excluding hydrogens is 687 g/mol. The molecule has 258 valence electrons. The van der Waals surface area contributed by atoms with Crippen LogP contribution in [0.15, 0.2) is 205 Å². The molecule has 11 aromatic rings. The summed E-state index contributed by atoms with van der Waals surface area (Å²) >= 11 is 1.85. The van der Waals surface area contributed by atoms with Gasteiger partial charge in [0, 0.05) is 42.3 Å². The van der Waals surface area contributed by atoms with Crippen molar-refractivity contribution in [2.75, 3.05) is 4.90 Å². The first-order chi connectivity index (χ1) is 27.3. The first-order valence-electron chi connectivity index (χ1n) is 18.7. The van der Waals surface area contributed by atoms with Gasteiger partial charge in [-0.15, -0.1) is 11.3 Å². The van der Waals surface area contributed by atoms with E-state index in [4.69, 9.17) is 4.42 Å². The van der Waals surface area contributed by atoms with Crippen LogP contribution in [0.25, 0.3) is 86.3 Å². The van der Waals surface area contributed by atoms with E-state index in [2.05, 4.69) is 199 Å². The Morgan fingerprint density at radius 1 is 0.345 bits per heavy atom. The lowest BCUT2D eigenvalue weighted by Gasteiger charge is -2.27. The molecule has 11 rings (SSSR count). The zero-order chi connectivity index (χ0) is 36.3. The molecule has 0 bridgehead atoms. The third-order valence-electron chi connectivity index (χ3n) is 10.9. The molecule has 2 heterocycles. The molecule has 0 atom stereocenters. The Morgan fingerprint density at radius 3 is 1.67 bits per heavy atom. The number of fused-ring (bicyclic) bond motifs is 8. The van der Waals surface area contributed by atoms with E-state index in [1.165, 1.54) is 58.8 Å². The van der Waals surface area contributed by atoms with E-state index >= 15 is 0 Å². The van der Waals surface area contributed by atoms with E-state index in [-0.39, 0.29) is 0 Å². The van der Waals surface area contributed by atoms with Crippen LogP contribution in [0.2, 0.25) is 0 Å². The van der Waals surface area contributed by atoms with Gasteiger partial charge in [0.1, 0.15) is 11.2 Å². The molecule has 0 spiro atoms. The van der Waals surface area contributed by atoms with Gasteiger partial charge in [-0.3, -0.25) is 0 Å². The van der Waals surface area contributed by atoms with Crippen LogP contribution in [0.3, 0.4) is 0 Å². The summed E-state index contributed by atoms with van der Waals surface area (Å²) in [6.45, 7) is 0. The average Bonchev–Trinajstić information content (AvgIpc) is 3.83. The molecule has 9 aromatic carbocycles. The lowest BCUT2D eigenvalue weighted by molar-refractivity contribution is 0.669. The molecule has 0 aliphatic rings. The largest absolute Gasteiger partial charge is 0.456 e. The Hall–Kier alpha value is -6.94. The summed E-state index contributed by atoms with van der Waals surface area (Å²) in [6.07, 6.45) is 0. The van der Waals surface area contributed by atoms with Crippen molar-refractivity contribution in [3.8, 4) is 33.4 Å². The number of nitrogens with zero attached hydrogens (tertiary/aromatic N) is 1. The summed E-state index contributed by atoms with van der Waals surface area (Å²) in [6, 6.07) is 72.2. The fraction of sp³-hybridized carbons (Fsp3) is 0. The zero-order valence-electron chi connectivity index (χ0n) is 29.8. The van der Waals surface area contributed by atoms with E-state index < -0.39 is 0 Å². The predicted octanol–water partition coefficient (Wildman–Crippen LogP) is 15.6. The number of thiophene rings is 1. The number of para-hydroxylation sites is 1. The maximum absolute atomic E-state index is 6.56. The molecule has 3 heteroatoms. The molecule has 0 fully saturated rings. The van der Waals surface area contributed by atoms with Crippen LogP contribution in [0.4, 0.5) is 17.1 Å². The molecule has 55 heavy (non-hydrogen) atoms. The summed E-state index contributed by atoms with van der Waals surface area (Å²) in [4.78, 5) is 2.44. The van der Waals surface area contributed by atoms with E-state index in [1.54, 1.807) is 0 Å². The Kier molecular flexibility index (Phi) is 7.39. The second kappa shape index (κ2) is 12.9. The van der Waals surface area contributed by atoms with Crippen molar-refractivity contribution in [3.05, 3.63) is 200 Å². The topological polar surface area (TPSA) is 16.4 Å². The molecular formula is C52H33NOS. The smallest absolute Gasteiger partial charge is 0.136 e. The van der Waals surface area contributed by atoms with Crippen LogP contribution >= 0.6 is 11.3 Å². The van der Waals surface area contributed by atoms with E-state index in [0.717, 1.165) is 44.6 Å². The van der Waals surface area contributed by atoms with Gasteiger partial charge >= 0.3 is 0 Å². The van der Waals surface area contributed by atoms with Gasteiger partial charge in [-0.25, -0.2) is 0 Å². The average molecular weight is 720 g/mol. The van der Waals surface area contributed by atoms with Gasteiger partial charge in [0.05, 0.1) is 5.69 Å². The van der Waals surface area contributed by atoms with Gasteiger partial charge < -0.3 is 9.32 Å². The van der Waals surface area contributed by atoms with Crippen molar-refractivity contribution in [1.29, 1.82) is 0 Å². The third kappa shape index (κ3) is 5.32. The lowest BCUT2D eigenvalue weighted by Crippen LogP contribution is -2.10. The molecule has 0 saturated heterocycles. The van der Waals surface area contributed by atoms with E-state index in [9.17, 15) is 0 Å². The Morgan fingerprint density at radius 2 is 0.927 bits per heavy atom. The highest BCUT2D eigenvalue weighted by molar-refractivity contribution is 7.26.